The van der Waals surface area contributed by atoms with E-state index in [-0.39, 0.29) is 0 Å². The molecule has 0 bridgehead atoms. The molecule has 0 rings (SSSR count). The molecule has 0 aromatic heterocycles. The van der Waals surface area contributed by atoms with E-state index < -0.39 is 67.1 Å². The molecule has 12 heteroatoms. The first-order valence-electron chi connectivity index (χ1n) is 13.8. The van der Waals surface area contributed by atoms with Crippen LogP contribution in [0.2, 0.25) is 0 Å². The van der Waals surface area contributed by atoms with Crippen molar-refractivity contribution in [3.8, 4) is 0 Å². The summed E-state index contributed by atoms with van der Waals surface area (Å²) in [5, 5.41) is 0. The Bertz CT molecular complexity index is 481. The van der Waals surface area contributed by atoms with Gasteiger partial charge in [-0.1, -0.05) is 90.9 Å². The number of rotatable bonds is 22. The van der Waals surface area contributed by atoms with E-state index in [0.29, 0.717) is 0 Å². The van der Waals surface area contributed by atoms with Crippen LogP contribution in [0.5, 0.6) is 0 Å². The molecule has 0 heterocycles. The van der Waals surface area contributed by atoms with Gasteiger partial charge >= 0.3 is 111 Å². The zero-order valence-corrected chi connectivity index (χ0v) is 25.7. The van der Waals surface area contributed by atoms with Crippen molar-refractivity contribution in [2.45, 2.75) is 150 Å². The molecule has 2 radical (unpaired) electrons. The Kier molecular flexibility index (Phi) is 24.0. The van der Waals surface area contributed by atoms with Gasteiger partial charge in [0.15, 0.2) is 0 Å². The van der Waals surface area contributed by atoms with Crippen LogP contribution in [0.15, 0.2) is 0 Å². The first kappa shape index (κ1) is 40.2. The molecular formula is C26H46F10OSn. The SMILES string of the molecule is CCCCCCCCCOCCCCCCCCC.FC(F)(F)CC[C](F)(F)[Sn][C](F)(F)CCC(F)(F)F. The van der Waals surface area contributed by atoms with Gasteiger partial charge in [-0.05, 0) is 12.8 Å². The number of hydrogen-bond donors (Lipinski definition) is 0. The number of ether oxygens (including phenoxy) is 1. The summed E-state index contributed by atoms with van der Waals surface area (Å²) in [4.78, 5) is 0. The molecule has 230 valence electrons. The van der Waals surface area contributed by atoms with Crippen LogP contribution in [0.3, 0.4) is 0 Å². The van der Waals surface area contributed by atoms with Gasteiger partial charge in [-0.15, -0.1) is 0 Å². The predicted octanol–water partition coefficient (Wildman–Crippen LogP) is 11.1. The monoisotopic (exact) mass is 684 g/mol. The molecule has 0 saturated heterocycles. The van der Waals surface area contributed by atoms with Crippen molar-refractivity contribution in [3.63, 3.8) is 0 Å². The molecule has 0 spiro atoms. The van der Waals surface area contributed by atoms with Gasteiger partial charge in [-0.25, -0.2) is 0 Å². The Labute approximate surface area is 232 Å². The normalized spacial score (nSPS) is 12.9. The molecular weight excluding hydrogens is 637 g/mol. The second-order valence-electron chi connectivity index (χ2n) is 9.62. The van der Waals surface area contributed by atoms with Crippen molar-refractivity contribution in [1.29, 1.82) is 0 Å². The fourth-order valence-corrected chi connectivity index (χ4v) is 6.37. The number of halogens is 10. The Morgan fingerprint density at radius 1 is 0.421 bits per heavy atom. The molecule has 0 saturated carbocycles. The van der Waals surface area contributed by atoms with E-state index in [4.69, 9.17) is 4.74 Å². The molecule has 0 fully saturated rings. The first-order chi connectivity index (χ1) is 17.5. The van der Waals surface area contributed by atoms with Gasteiger partial charge in [0.25, 0.3) is 0 Å². The van der Waals surface area contributed by atoms with Crippen LogP contribution in [-0.4, -0.2) is 54.6 Å². The van der Waals surface area contributed by atoms with E-state index in [9.17, 15) is 43.9 Å². The molecule has 0 aliphatic heterocycles. The molecule has 0 aromatic rings. The van der Waals surface area contributed by atoms with Gasteiger partial charge in [0.1, 0.15) is 0 Å². The third-order valence-electron chi connectivity index (χ3n) is 5.60. The van der Waals surface area contributed by atoms with Gasteiger partial charge in [0, 0.05) is 13.2 Å². The maximum atomic E-state index is 12.9. The van der Waals surface area contributed by atoms with Crippen molar-refractivity contribution >= 4 is 21.1 Å². The summed E-state index contributed by atoms with van der Waals surface area (Å²) in [5.74, 6) is 0. The number of hydrogen-bond acceptors (Lipinski definition) is 1. The van der Waals surface area contributed by atoms with Crippen molar-refractivity contribution in [2.75, 3.05) is 13.2 Å². The molecule has 0 atom stereocenters. The summed E-state index contributed by atoms with van der Waals surface area (Å²) in [7, 11) is 0. The fourth-order valence-electron chi connectivity index (χ4n) is 3.41. The zero-order chi connectivity index (χ0) is 29.6. The topological polar surface area (TPSA) is 9.23 Å². The summed E-state index contributed by atoms with van der Waals surface area (Å²) < 4.78 is 119. The van der Waals surface area contributed by atoms with Crippen molar-refractivity contribution < 1.29 is 48.6 Å². The van der Waals surface area contributed by atoms with Gasteiger partial charge in [0.2, 0.25) is 0 Å². The minimum absolute atomic E-state index is 0.990. The molecule has 0 aromatic carbocycles. The zero-order valence-electron chi connectivity index (χ0n) is 22.8. The Morgan fingerprint density at radius 2 is 0.711 bits per heavy atom. The van der Waals surface area contributed by atoms with E-state index in [0.717, 1.165) is 13.2 Å². The van der Waals surface area contributed by atoms with Crippen molar-refractivity contribution in [2.24, 2.45) is 0 Å². The molecule has 0 aliphatic rings. The Morgan fingerprint density at radius 3 is 1.00 bits per heavy atom. The second kappa shape index (κ2) is 22.7. The van der Waals surface area contributed by atoms with Crippen LogP contribution in [0, 0.1) is 0 Å². The average molecular weight is 683 g/mol. The van der Waals surface area contributed by atoms with E-state index in [1.54, 1.807) is 0 Å². The van der Waals surface area contributed by atoms with E-state index in [1.165, 1.54) is 89.9 Å². The van der Waals surface area contributed by atoms with Crippen LogP contribution >= 0.6 is 0 Å². The van der Waals surface area contributed by atoms with E-state index >= 15 is 0 Å². The van der Waals surface area contributed by atoms with Crippen LogP contribution in [0.1, 0.15) is 129 Å². The summed E-state index contributed by atoms with van der Waals surface area (Å²) >= 11 is -4.05. The molecule has 1 nitrogen and oxygen atoms in total. The maximum absolute atomic E-state index is 12.9. The number of alkyl halides is 10. The molecule has 0 unspecified atom stereocenters. The van der Waals surface area contributed by atoms with Gasteiger partial charge in [-0.2, -0.15) is 0 Å². The van der Waals surface area contributed by atoms with Gasteiger partial charge in [0.05, 0.1) is 0 Å². The number of unbranched alkanes of at least 4 members (excludes halogenated alkanes) is 12. The summed E-state index contributed by atoms with van der Waals surface area (Å²) in [6.45, 7) is 6.53. The van der Waals surface area contributed by atoms with Crippen molar-refractivity contribution in [3.05, 3.63) is 0 Å². The van der Waals surface area contributed by atoms with E-state index in [2.05, 4.69) is 13.8 Å². The molecule has 0 amide bonds. The second-order valence-corrected chi connectivity index (χ2v) is 14.5. The summed E-state index contributed by atoms with van der Waals surface area (Å²) in [5.41, 5.74) is 0. The Hall–Kier alpha value is 0.0587. The van der Waals surface area contributed by atoms with Gasteiger partial charge < -0.3 is 4.74 Å². The van der Waals surface area contributed by atoms with E-state index in [1.807, 2.05) is 0 Å². The molecule has 38 heavy (non-hydrogen) atoms. The quantitative estimate of drug-likeness (QED) is 0.0627. The fraction of sp³-hybridized carbons (Fsp3) is 1.00. The third kappa shape index (κ3) is 34.1. The Balaban J connectivity index is 0. The van der Waals surface area contributed by atoms with Crippen molar-refractivity contribution in [1.82, 2.24) is 0 Å². The van der Waals surface area contributed by atoms with Crippen LogP contribution in [-0.2, 0) is 4.74 Å². The molecule has 0 N–H and O–H groups in total. The van der Waals surface area contributed by atoms with Crippen LogP contribution in [0.4, 0.5) is 43.9 Å². The first-order valence-corrected chi connectivity index (χ1v) is 16.6. The predicted molar refractivity (Wildman–Crippen MR) is 133 cm³/mol. The summed E-state index contributed by atoms with van der Waals surface area (Å²) in [6.07, 6.45) is 1.98. The van der Waals surface area contributed by atoms with Gasteiger partial charge in [-0.3, -0.25) is 0 Å². The third-order valence-corrected chi connectivity index (χ3v) is 9.11. The van der Waals surface area contributed by atoms with Crippen LogP contribution < -0.4 is 0 Å². The minimum atomic E-state index is -4.91. The average Bonchev–Trinajstić information content (AvgIpc) is 2.78. The standard InChI is InChI=1S/C18H38O.2C4H4F5.Sn/c1-3-5-7-9-11-13-15-17-19-18-16-14-12-10-8-6-4-2;2*5-3(6)1-2-4(7,8)9;/h3-18H2,1-2H3;2*1-2H2;. The molecule has 0 aliphatic carbocycles. The van der Waals surface area contributed by atoms with Crippen LogP contribution in [0.25, 0.3) is 0 Å². The summed E-state index contributed by atoms with van der Waals surface area (Å²) in [6, 6.07) is 0.